The number of rotatable bonds is 1. The summed E-state index contributed by atoms with van der Waals surface area (Å²) in [6.45, 7) is 0. The number of hydrogen-bond donors (Lipinski definition) is 0. The first-order valence-electron chi connectivity index (χ1n) is 16.0. The molecule has 7 aromatic carbocycles. The van der Waals surface area contributed by atoms with Crippen molar-refractivity contribution in [2.45, 2.75) is 15.2 Å². The van der Waals surface area contributed by atoms with Crippen molar-refractivity contribution in [2.24, 2.45) is 0 Å². The van der Waals surface area contributed by atoms with Crippen molar-refractivity contribution < 1.29 is 8.42 Å². The van der Waals surface area contributed by atoms with Gasteiger partial charge in [0.05, 0.1) is 26.8 Å². The van der Waals surface area contributed by atoms with Crippen LogP contribution in [-0.2, 0) is 15.3 Å². The number of sulfone groups is 1. The van der Waals surface area contributed by atoms with Gasteiger partial charge in [0.15, 0.2) is 0 Å². The smallest absolute Gasteiger partial charge is 0.208 e. The van der Waals surface area contributed by atoms with E-state index in [1.54, 1.807) is 12.1 Å². The molecular weight excluding hydrogens is 607 g/mol. The van der Waals surface area contributed by atoms with Gasteiger partial charge in [-0.25, -0.2) is 8.42 Å². The minimum absolute atomic E-state index is 0.365. The molecule has 0 amide bonds. The number of nitriles is 1. The zero-order valence-corrected chi connectivity index (χ0v) is 26.4. The van der Waals surface area contributed by atoms with Gasteiger partial charge in [-0.05, 0) is 85.5 Å². The molecule has 0 N–H and O–H groups in total. The first-order valence-corrected chi connectivity index (χ1v) is 17.5. The van der Waals surface area contributed by atoms with Gasteiger partial charge in [0, 0.05) is 16.7 Å². The van der Waals surface area contributed by atoms with Crippen LogP contribution < -0.4 is 0 Å². The van der Waals surface area contributed by atoms with E-state index in [-0.39, 0.29) is 0 Å². The highest BCUT2D eigenvalue weighted by atomic mass is 32.2. The Kier molecular flexibility index (Phi) is 5.38. The molecule has 1 heterocycles. The van der Waals surface area contributed by atoms with Crippen LogP contribution in [0, 0.1) is 11.3 Å². The summed E-state index contributed by atoms with van der Waals surface area (Å²) in [7, 11) is -3.79. The molecule has 0 aromatic heterocycles. The van der Waals surface area contributed by atoms with Crippen molar-refractivity contribution in [3.05, 3.63) is 179 Å². The number of fused-ring (bicyclic) bond motifs is 16. The van der Waals surface area contributed by atoms with Gasteiger partial charge in [-0.2, -0.15) is 5.26 Å². The Labute approximate surface area is 279 Å². The Morgan fingerprint density at radius 3 is 1.71 bits per heavy atom. The molecule has 224 valence electrons. The van der Waals surface area contributed by atoms with Crippen LogP contribution in [0.1, 0.15) is 27.8 Å². The maximum Gasteiger partial charge on any atom is 0.208 e. The van der Waals surface area contributed by atoms with Crippen molar-refractivity contribution >= 4 is 9.84 Å². The highest BCUT2D eigenvalue weighted by Crippen LogP contribution is 2.64. The summed E-state index contributed by atoms with van der Waals surface area (Å²) in [4.78, 5) is 0.763. The van der Waals surface area contributed by atoms with Crippen LogP contribution in [0.25, 0.3) is 55.6 Å². The molecule has 7 aromatic rings. The van der Waals surface area contributed by atoms with E-state index in [0.29, 0.717) is 15.4 Å². The molecule has 0 radical (unpaired) electrons. The van der Waals surface area contributed by atoms with Crippen molar-refractivity contribution in [1.29, 1.82) is 5.26 Å². The summed E-state index contributed by atoms with van der Waals surface area (Å²) in [6.07, 6.45) is 0. The average Bonchev–Trinajstić information content (AvgIpc) is 3.53. The predicted molar refractivity (Wildman–Crippen MR) is 189 cm³/mol. The summed E-state index contributed by atoms with van der Waals surface area (Å²) in [5, 5.41) is 9.47. The second-order valence-corrected chi connectivity index (χ2v) is 14.6. The minimum Gasteiger partial charge on any atom is -0.218 e. The van der Waals surface area contributed by atoms with Crippen molar-refractivity contribution in [3.8, 4) is 61.7 Å². The summed E-state index contributed by atoms with van der Waals surface area (Å²) >= 11 is 0. The number of benzene rings is 7. The molecule has 48 heavy (non-hydrogen) atoms. The molecule has 0 saturated heterocycles. The van der Waals surface area contributed by atoms with Crippen molar-refractivity contribution in [2.75, 3.05) is 0 Å². The van der Waals surface area contributed by atoms with E-state index >= 15 is 0 Å². The highest BCUT2D eigenvalue weighted by molar-refractivity contribution is 7.92. The molecule has 3 aliphatic rings. The van der Waals surface area contributed by atoms with Gasteiger partial charge in [-0.3, -0.25) is 0 Å². The first kappa shape index (κ1) is 27.1. The van der Waals surface area contributed by atoms with Crippen LogP contribution in [0.15, 0.2) is 161 Å². The van der Waals surface area contributed by atoms with Crippen LogP contribution in [0.2, 0.25) is 0 Å². The van der Waals surface area contributed by atoms with Crippen molar-refractivity contribution in [1.82, 2.24) is 0 Å². The van der Waals surface area contributed by atoms with Gasteiger partial charge in [0.1, 0.15) is 0 Å². The first-order chi connectivity index (χ1) is 23.5. The van der Waals surface area contributed by atoms with E-state index in [1.165, 1.54) is 0 Å². The molecular formula is C44H25NO2S. The lowest BCUT2D eigenvalue weighted by Crippen LogP contribution is -2.29. The zero-order valence-electron chi connectivity index (χ0n) is 25.6. The fraction of sp³-hybridized carbons (Fsp3) is 0.0227. The predicted octanol–water partition coefficient (Wildman–Crippen LogP) is 10.0. The molecule has 0 bridgehead atoms. The number of nitrogens with zero attached hydrogens (tertiary/aromatic N) is 1. The van der Waals surface area contributed by atoms with Crippen LogP contribution >= 0.6 is 0 Å². The molecule has 4 heteroatoms. The van der Waals surface area contributed by atoms with Gasteiger partial charge in [-0.15, -0.1) is 0 Å². The van der Waals surface area contributed by atoms with E-state index in [1.807, 2.05) is 48.5 Å². The van der Waals surface area contributed by atoms with E-state index in [9.17, 15) is 13.7 Å². The van der Waals surface area contributed by atoms with Crippen LogP contribution in [-0.4, -0.2) is 8.42 Å². The van der Waals surface area contributed by atoms with Gasteiger partial charge in [0.25, 0.3) is 0 Å². The largest absolute Gasteiger partial charge is 0.218 e. The van der Waals surface area contributed by atoms with Crippen LogP contribution in [0.3, 0.4) is 0 Å². The van der Waals surface area contributed by atoms with Crippen LogP contribution in [0.4, 0.5) is 0 Å². The molecule has 1 spiro atoms. The van der Waals surface area contributed by atoms with Gasteiger partial charge in [-0.1, -0.05) is 127 Å². The average molecular weight is 632 g/mol. The fourth-order valence-electron chi connectivity index (χ4n) is 8.59. The Bertz CT molecular complexity index is 2700. The van der Waals surface area contributed by atoms with E-state index in [4.69, 9.17) is 0 Å². The van der Waals surface area contributed by atoms with E-state index in [0.717, 1.165) is 77.9 Å². The third-order valence-electron chi connectivity index (χ3n) is 10.5. The summed E-state index contributed by atoms with van der Waals surface area (Å²) < 4.78 is 29.0. The maximum atomic E-state index is 14.5. The molecule has 0 fully saturated rings. The maximum absolute atomic E-state index is 14.5. The topological polar surface area (TPSA) is 57.9 Å². The third kappa shape index (κ3) is 3.29. The van der Waals surface area contributed by atoms with Gasteiger partial charge < -0.3 is 0 Å². The molecule has 1 aliphatic heterocycles. The van der Waals surface area contributed by atoms with Gasteiger partial charge >= 0.3 is 0 Å². The molecule has 2 aliphatic carbocycles. The second-order valence-electron chi connectivity index (χ2n) is 12.7. The zero-order chi connectivity index (χ0) is 32.2. The minimum atomic E-state index is -3.79. The summed E-state index contributed by atoms with van der Waals surface area (Å²) in [6, 6.07) is 53.7. The molecule has 10 rings (SSSR count). The standard InChI is InChI=1S/C44H25NO2S/c45-26-27-17-19-28(20-18-27)29-21-22-33-31-10-2-1-9-30(31)32-11-3-6-14-37(32)44(40(33)25-29)38-15-7-4-13-36(38)42-39(44)24-23-35-34-12-5-8-16-41(34)48(46,47)43(35)42/h1-25H. The Hall–Kier alpha value is -6.02. The molecule has 3 nitrogen and oxygen atoms in total. The molecule has 1 atom stereocenters. The van der Waals surface area contributed by atoms with Crippen LogP contribution in [0.5, 0.6) is 0 Å². The Morgan fingerprint density at radius 2 is 1.00 bits per heavy atom. The summed E-state index contributed by atoms with van der Waals surface area (Å²) in [5.74, 6) is 0. The Morgan fingerprint density at radius 1 is 0.458 bits per heavy atom. The van der Waals surface area contributed by atoms with E-state index in [2.05, 4.69) is 97.1 Å². The van der Waals surface area contributed by atoms with E-state index < -0.39 is 15.3 Å². The quantitative estimate of drug-likeness (QED) is 0.181. The van der Waals surface area contributed by atoms with Gasteiger partial charge in [0.2, 0.25) is 9.84 Å². The lowest BCUT2D eigenvalue weighted by Gasteiger charge is -2.35. The molecule has 0 saturated carbocycles. The lowest BCUT2D eigenvalue weighted by atomic mass is 9.65. The summed E-state index contributed by atoms with van der Waals surface area (Å²) in [5.41, 5.74) is 13.8. The highest BCUT2D eigenvalue weighted by Gasteiger charge is 2.52. The monoisotopic (exact) mass is 631 g/mol. The third-order valence-corrected chi connectivity index (χ3v) is 12.4. The number of hydrogen-bond acceptors (Lipinski definition) is 3. The van der Waals surface area contributed by atoms with Crippen molar-refractivity contribution in [3.63, 3.8) is 0 Å². The SMILES string of the molecule is N#Cc1ccc(-c2ccc3c(c2)C2(c4ccccc4-c4ccccc4-3)c3ccccc3-c3c2ccc2c3S(=O)(=O)c3ccccc3-2)cc1. The Balaban J connectivity index is 1.40. The fourth-order valence-corrected chi connectivity index (χ4v) is 10.5. The second kappa shape index (κ2) is 9.51. The lowest BCUT2D eigenvalue weighted by molar-refractivity contribution is 0.599. The molecule has 1 unspecified atom stereocenters. The normalized spacial score (nSPS) is 16.7.